The molecular weight excluding hydrogens is 416 g/mol. The van der Waals surface area contributed by atoms with Gasteiger partial charge in [0.25, 0.3) is 5.56 Å². The van der Waals surface area contributed by atoms with Gasteiger partial charge in [-0.3, -0.25) is 4.79 Å². The van der Waals surface area contributed by atoms with Crippen LogP contribution < -0.4 is 5.56 Å². The van der Waals surface area contributed by atoms with E-state index in [9.17, 15) is 4.79 Å². The normalized spacial score (nSPS) is 13.6. The van der Waals surface area contributed by atoms with Crippen LogP contribution in [0.25, 0.3) is 21.7 Å². The van der Waals surface area contributed by atoms with E-state index in [0.29, 0.717) is 22.9 Å². The molecule has 0 radical (unpaired) electrons. The summed E-state index contributed by atoms with van der Waals surface area (Å²) in [5.74, 6) is 1.52. The maximum Gasteiger partial charge on any atom is 0.260 e. The van der Waals surface area contributed by atoms with Crippen molar-refractivity contribution in [3.8, 4) is 11.5 Å². The number of rotatable bonds is 7. The van der Waals surface area contributed by atoms with Gasteiger partial charge >= 0.3 is 0 Å². The number of aromatic amines is 1. The molecule has 3 aromatic heterocycles. The summed E-state index contributed by atoms with van der Waals surface area (Å²) in [6.45, 7) is 8.42. The van der Waals surface area contributed by atoms with Gasteiger partial charge in [0.2, 0.25) is 11.8 Å². The predicted octanol–water partition coefficient (Wildman–Crippen LogP) is 5.78. The van der Waals surface area contributed by atoms with Crippen molar-refractivity contribution < 1.29 is 4.42 Å². The van der Waals surface area contributed by atoms with Gasteiger partial charge in [-0.05, 0) is 43.9 Å². The third-order valence-electron chi connectivity index (χ3n) is 5.19. The first-order valence-corrected chi connectivity index (χ1v) is 11.7. The summed E-state index contributed by atoms with van der Waals surface area (Å²) in [5, 5.41) is 9.48. The highest BCUT2D eigenvalue weighted by Crippen LogP contribution is 2.35. The highest BCUT2D eigenvalue weighted by Gasteiger charge is 2.20. The summed E-state index contributed by atoms with van der Waals surface area (Å²) >= 11 is 3.00. The third kappa shape index (κ3) is 4.20. The van der Waals surface area contributed by atoms with Crippen LogP contribution >= 0.6 is 23.1 Å². The summed E-state index contributed by atoms with van der Waals surface area (Å²) in [6, 6.07) is 9.66. The summed E-state index contributed by atoms with van der Waals surface area (Å²) in [6.07, 6.45) is 1.99. The Hall–Kier alpha value is -2.45. The molecule has 0 aliphatic rings. The summed E-state index contributed by atoms with van der Waals surface area (Å²) < 4.78 is 5.84. The second kappa shape index (κ2) is 8.73. The minimum absolute atomic E-state index is 0.0761. The average Bonchev–Trinajstić information content (AvgIpc) is 3.34. The molecule has 0 saturated carbocycles. The SMILES string of the molecule is CCC(C)Cc1c(C)sc2nc(SC(C)c3nnc(-c4ccccc4)o3)[nH]c(=O)c12. The fourth-order valence-corrected chi connectivity index (χ4v) is 5.20. The van der Waals surface area contributed by atoms with Gasteiger partial charge in [-0.15, -0.1) is 21.5 Å². The van der Waals surface area contributed by atoms with Crippen LogP contribution in [0.4, 0.5) is 0 Å². The second-order valence-corrected chi connectivity index (χ2v) is 10.0. The molecule has 2 atom stereocenters. The highest BCUT2D eigenvalue weighted by atomic mass is 32.2. The Balaban J connectivity index is 1.58. The predicted molar refractivity (Wildman–Crippen MR) is 122 cm³/mol. The molecule has 3 heterocycles. The zero-order chi connectivity index (χ0) is 21.3. The molecule has 8 heteroatoms. The van der Waals surface area contributed by atoms with Gasteiger partial charge in [0.05, 0.1) is 10.6 Å². The van der Waals surface area contributed by atoms with Crippen molar-refractivity contribution in [2.75, 3.05) is 0 Å². The van der Waals surface area contributed by atoms with E-state index in [2.05, 4.69) is 36.0 Å². The van der Waals surface area contributed by atoms with Crippen molar-refractivity contribution in [3.63, 3.8) is 0 Å². The molecule has 156 valence electrons. The molecule has 0 aliphatic carbocycles. The van der Waals surface area contributed by atoms with Gasteiger partial charge in [0.1, 0.15) is 4.83 Å². The van der Waals surface area contributed by atoms with E-state index in [1.165, 1.54) is 16.6 Å². The summed E-state index contributed by atoms with van der Waals surface area (Å²) in [7, 11) is 0. The number of aromatic nitrogens is 4. The second-order valence-electron chi connectivity index (χ2n) is 7.48. The van der Waals surface area contributed by atoms with Crippen molar-refractivity contribution in [2.24, 2.45) is 5.92 Å². The van der Waals surface area contributed by atoms with Crippen LogP contribution in [-0.2, 0) is 6.42 Å². The zero-order valence-corrected chi connectivity index (χ0v) is 19.1. The minimum atomic E-state index is -0.142. The first kappa shape index (κ1) is 20.8. The van der Waals surface area contributed by atoms with E-state index in [0.717, 1.165) is 34.2 Å². The molecule has 0 spiro atoms. The van der Waals surface area contributed by atoms with Crippen LogP contribution in [0.15, 0.2) is 44.7 Å². The van der Waals surface area contributed by atoms with Crippen LogP contribution in [0.3, 0.4) is 0 Å². The average molecular weight is 441 g/mol. The van der Waals surface area contributed by atoms with Crippen LogP contribution in [0.5, 0.6) is 0 Å². The van der Waals surface area contributed by atoms with Crippen molar-refractivity contribution in [1.82, 2.24) is 20.2 Å². The molecule has 1 N–H and O–H groups in total. The van der Waals surface area contributed by atoms with Gasteiger partial charge in [-0.2, -0.15) is 0 Å². The molecule has 1 aromatic carbocycles. The van der Waals surface area contributed by atoms with E-state index in [1.807, 2.05) is 37.3 Å². The Bertz CT molecular complexity index is 1210. The smallest absolute Gasteiger partial charge is 0.260 e. The van der Waals surface area contributed by atoms with E-state index >= 15 is 0 Å². The number of hydrogen-bond donors (Lipinski definition) is 1. The van der Waals surface area contributed by atoms with Crippen LogP contribution in [0.2, 0.25) is 0 Å². The number of thioether (sulfide) groups is 1. The maximum absolute atomic E-state index is 12.9. The summed E-state index contributed by atoms with van der Waals surface area (Å²) in [5.41, 5.74) is 1.93. The number of thiophene rings is 1. The Kier molecular flexibility index (Phi) is 6.06. The highest BCUT2D eigenvalue weighted by molar-refractivity contribution is 7.99. The molecule has 6 nitrogen and oxygen atoms in total. The maximum atomic E-state index is 12.9. The summed E-state index contributed by atoms with van der Waals surface area (Å²) in [4.78, 5) is 22.5. The Morgan fingerprint density at radius 2 is 1.97 bits per heavy atom. The fraction of sp³-hybridized carbons (Fsp3) is 0.364. The minimum Gasteiger partial charge on any atom is -0.419 e. The van der Waals surface area contributed by atoms with E-state index in [4.69, 9.17) is 9.40 Å². The number of benzene rings is 1. The zero-order valence-electron chi connectivity index (χ0n) is 17.4. The molecule has 0 fully saturated rings. The Labute approximate surface area is 183 Å². The molecule has 2 unspecified atom stereocenters. The van der Waals surface area contributed by atoms with Crippen molar-refractivity contribution >= 4 is 33.3 Å². The number of nitrogens with one attached hydrogen (secondary N) is 1. The Morgan fingerprint density at radius 3 is 2.70 bits per heavy atom. The van der Waals surface area contributed by atoms with Crippen LogP contribution in [0.1, 0.15) is 48.8 Å². The van der Waals surface area contributed by atoms with Crippen LogP contribution in [0, 0.1) is 12.8 Å². The molecule has 0 amide bonds. The first-order valence-electron chi connectivity index (χ1n) is 10.0. The quantitative estimate of drug-likeness (QED) is 0.289. The molecule has 30 heavy (non-hydrogen) atoms. The number of aryl methyl sites for hydroxylation is 1. The number of nitrogens with zero attached hydrogens (tertiary/aromatic N) is 3. The van der Waals surface area contributed by atoms with E-state index in [-0.39, 0.29) is 10.8 Å². The van der Waals surface area contributed by atoms with Crippen molar-refractivity contribution in [2.45, 2.75) is 50.9 Å². The number of fused-ring (bicyclic) bond motifs is 1. The van der Waals surface area contributed by atoms with E-state index < -0.39 is 0 Å². The van der Waals surface area contributed by atoms with Crippen LogP contribution in [-0.4, -0.2) is 20.2 Å². The lowest BCUT2D eigenvalue weighted by molar-refractivity contribution is 0.509. The third-order valence-corrected chi connectivity index (χ3v) is 7.20. The van der Waals surface area contributed by atoms with Gasteiger partial charge in [-0.25, -0.2) is 4.98 Å². The molecular formula is C22H24N4O2S2. The lowest BCUT2D eigenvalue weighted by atomic mass is 9.98. The Morgan fingerprint density at radius 1 is 1.20 bits per heavy atom. The van der Waals surface area contributed by atoms with Gasteiger partial charge in [-0.1, -0.05) is 50.2 Å². The van der Waals surface area contributed by atoms with Crippen molar-refractivity contribution in [1.29, 1.82) is 0 Å². The monoisotopic (exact) mass is 440 g/mol. The molecule has 4 aromatic rings. The van der Waals surface area contributed by atoms with E-state index in [1.54, 1.807) is 11.3 Å². The largest absolute Gasteiger partial charge is 0.419 e. The molecule has 4 rings (SSSR count). The fourth-order valence-electron chi connectivity index (χ4n) is 3.26. The lowest BCUT2D eigenvalue weighted by Gasteiger charge is -2.08. The standard InChI is InChI=1S/C22H24N4O2S2/c1-5-12(2)11-16-13(3)29-21-17(16)18(27)23-22(24-21)30-14(4)19-25-26-20(28-19)15-9-7-6-8-10-15/h6-10,12,14H,5,11H2,1-4H3,(H,23,24,27). The van der Waals surface area contributed by atoms with Gasteiger partial charge < -0.3 is 9.40 Å². The molecule has 0 aliphatic heterocycles. The van der Waals surface area contributed by atoms with Gasteiger partial charge in [0.15, 0.2) is 5.16 Å². The number of H-pyrrole nitrogens is 1. The first-order chi connectivity index (χ1) is 14.5. The van der Waals surface area contributed by atoms with Crippen molar-refractivity contribution in [3.05, 3.63) is 57.0 Å². The van der Waals surface area contributed by atoms with Gasteiger partial charge in [0, 0.05) is 10.4 Å². The lowest BCUT2D eigenvalue weighted by Crippen LogP contribution is -2.11. The molecule has 0 bridgehead atoms. The number of hydrogen-bond acceptors (Lipinski definition) is 7. The molecule has 0 saturated heterocycles. The topological polar surface area (TPSA) is 84.7 Å².